The van der Waals surface area contributed by atoms with Crippen LogP contribution in [0.5, 0.6) is 11.5 Å². The van der Waals surface area contributed by atoms with Crippen molar-refractivity contribution < 1.29 is 14.3 Å². The molecule has 0 unspecified atom stereocenters. The first kappa shape index (κ1) is 18.0. The summed E-state index contributed by atoms with van der Waals surface area (Å²) in [5, 5.41) is 0. The molecule has 2 aromatic carbocycles. The molecule has 5 rings (SSSR count). The van der Waals surface area contributed by atoms with Gasteiger partial charge in [0.1, 0.15) is 5.65 Å². The molecule has 0 N–H and O–H groups in total. The van der Waals surface area contributed by atoms with Gasteiger partial charge in [-0.05, 0) is 48.0 Å². The second-order valence-corrected chi connectivity index (χ2v) is 6.88. The average molecular weight is 397 g/mol. The number of anilines is 1. The Bertz CT molecular complexity index is 1230. The first-order valence-electron chi connectivity index (χ1n) is 9.63. The molecule has 30 heavy (non-hydrogen) atoms. The van der Waals surface area contributed by atoms with E-state index >= 15 is 0 Å². The lowest BCUT2D eigenvalue weighted by Crippen LogP contribution is -2.29. The van der Waals surface area contributed by atoms with Crippen LogP contribution in [0.25, 0.3) is 11.7 Å². The molecule has 1 amide bonds. The van der Waals surface area contributed by atoms with Crippen LogP contribution in [-0.4, -0.2) is 22.1 Å². The molecule has 4 aromatic rings. The van der Waals surface area contributed by atoms with E-state index in [1.165, 1.54) is 0 Å². The number of amides is 1. The summed E-state index contributed by atoms with van der Waals surface area (Å²) in [4.78, 5) is 19.3. The van der Waals surface area contributed by atoms with Gasteiger partial charge >= 0.3 is 0 Å². The van der Waals surface area contributed by atoms with Crippen LogP contribution in [0.1, 0.15) is 11.3 Å². The smallest absolute Gasteiger partial charge is 0.251 e. The van der Waals surface area contributed by atoms with Crippen LogP contribution in [0.3, 0.4) is 0 Å². The zero-order valence-electron chi connectivity index (χ0n) is 16.1. The summed E-state index contributed by atoms with van der Waals surface area (Å²) in [6.07, 6.45) is 7.12. The lowest BCUT2D eigenvalue weighted by Gasteiger charge is -2.21. The topological polar surface area (TPSA) is 56.1 Å². The van der Waals surface area contributed by atoms with Gasteiger partial charge in [0, 0.05) is 18.0 Å². The van der Waals surface area contributed by atoms with E-state index in [4.69, 9.17) is 9.47 Å². The predicted octanol–water partition coefficient (Wildman–Crippen LogP) is 4.31. The molecule has 148 valence electrons. The second-order valence-electron chi connectivity index (χ2n) is 6.88. The Morgan fingerprint density at radius 3 is 2.77 bits per heavy atom. The maximum Gasteiger partial charge on any atom is 0.251 e. The number of benzene rings is 2. The van der Waals surface area contributed by atoms with Gasteiger partial charge in [-0.3, -0.25) is 4.79 Å². The molecule has 0 aliphatic carbocycles. The second kappa shape index (κ2) is 7.75. The van der Waals surface area contributed by atoms with Crippen LogP contribution < -0.4 is 14.4 Å². The quantitative estimate of drug-likeness (QED) is 0.471. The standard InChI is InChI=1S/C24H19N3O3/c28-24(12-10-18-9-11-21-22(14-18)30-17-29-21)27(19-6-2-1-3-7-19)16-20-15-25-23-8-4-5-13-26(20)23/h1-15H,16-17H2/b12-10+. The van der Waals surface area contributed by atoms with E-state index in [1.807, 2.05) is 77.3 Å². The fraction of sp³-hybridized carbons (Fsp3) is 0.0833. The fourth-order valence-corrected chi connectivity index (χ4v) is 3.44. The van der Waals surface area contributed by atoms with E-state index in [1.54, 1.807) is 23.2 Å². The van der Waals surface area contributed by atoms with Crippen molar-refractivity contribution in [2.45, 2.75) is 6.54 Å². The van der Waals surface area contributed by atoms with Gasteiger partial charge in [0.25, 0.3) is 5.91 Å². The molecule has 6 heteroatoms. The number of aromatic nitrogens is 2. The first-order valence-corrected chi connectivity index (χ1v) is 9.63. The summed E-state index contributed by atoms with van der Waals surface area (Å²) in [6.45, 7) is 0.627. The molecule has 0 fully saturated rings. The van der Waals surface area contributed by atoms with Gasteiger partial charge in [0.2, 0.25) is 6.79 Å². The molecule has 3 heterocycles. The SMILES string of the molecule is O=C(/C=C/c1ccc2c(c1)OCO2)N(Cc1cnc2ccccn12)c1ccccc1. The van der Waals surface area contributed by atoms with Gasteiger partial charge in [-0.2, -0.15) is 0 Å². The molecule has 0 radical (unpaired) electrons. The minimum Gasteiger partial charge on any atom is -0.454 e. The molecule has 1 aliphatic heterocycles. The minimum absolute atomic E-state index is 0.121. The molecular weight excluding hydrogens is 378 g/mol. The molecule has 0 saturated heterocycles. The summed E-state index contributed by atoms with van der Waals surface area (Å²) in [5.74, 6) is 1.29. The largest absolute Gasteiger partial charge is 0.454 e. The Morgan fingerprint density at radius 2 is 1.87 bits per heavy atom. The third-order valence-corrected chi connectivity index (χ3v) is 4.96. The number of imidazole rings is 1. The van der Waals surface area contributed by atoms with E-state index in [0.29, 0.717) is 12.3 Å². The number of carbonyl (C=O) groups is 1. The lowest BCUT2D eigenvalue weighted by molar-refractivity contribution is -0.114. The summed E-state index contributed by atoms with van der Waals surface area (Å²) in [7, 11) is 0. The highest BCUT2D eigenvalue weighted by molar-refractivity contribution is 6.03. The molecule has 0 spiro atoms. The highest BCUT2D eigenvalue weighted by Gasteiger charge is 2.17. The Kier molecular flexibility index (Phi) is 4.65. The maximum absolute atomic E-state index is 13.2. The van der Waals surface area contributed by atoms with Crippen LogP contribution in [0.4, 0.5) is 5.69 Å². The van der Waals surface area contributed by atoms with Gasteiger partial charge < -0.3 is 18.8 Å². The van der Waals surface area contributed by atoms with Crippen LogP contribution >= 0.6 is 0 Å². The Balaban J connectivity index is 1.43. The molecule has 6 nitrogen and oxygen atoms in total. The van der Waals surface area contributed by atoms with E-state index in [2.05, 4.69) is 4.98 Å². The van der Waals surface area contributed by atoms with Crippen LogP contribution in [0, 0.1) is 0 Å². The number of pyridine rings is 1. The summed E-state index contributed by atoms with van der Waals surface area (Å²) in [6, 6.07) is 21.1. The van der Waals surface area contributed by atoms with Crippen molar-refractivity contribution in [3.8, 4) is 11.5 Å². The maximum atomic E-state index is 13.2. The summed E-state index contributed by atoms with van der Waals surface area (Å²) >= 11 is 0. The molecule has 2 aromatic heterocycles. The highest BCUT2D eigenvalue weighted by Crippen LogP contribution is 2.32. The molecule has 0 bridgehead atoms. The number of rotatable bonds is 5. The van der Waals surface area contributed by atoms with Crippen LogP contribution in [0.2, 0.25) is 0 Å². The Labute approximate surface area is 173 Å². The number of hydrogen-bond donors (Lipinski definition) is 0. The van der Waals surface area contributed by atoms with E-state index in [9.17, 15) is 4.79 Å². The average Bonchev–Trinajstić information content (AvgIpc) is 3.43. The number of nitrogens with zero attached hydrogens (tertiary/aromatic N) is 3. The van der Waals surface area contributed by atoms with Gasteiger partial charge in [-0.1, -0.05) is 30.3 Å². The van der Waals surface area contributed by atoms with E-state index < -0.39 is 0 Å². The zero-order valence-corrected chi connectivity index (χ0v) is 16.1. The fourth-order valence-electron chi connectivity index (χ4n) is 3.44. The van der Waals surface area contributed by atoms with Crippen LogP contribution in [0.15, 0.2) is 85.2 Å². The van der Waals surface area contributed by atoms with Crippen molar-refractivity contribution in [2.24, 2.45) is 0 Å². The number of ether oxygens (including phenoxy) is 2. The van der Waals surface area contributed by atoms with Crippen molar-refractivity contribution in [1.29, 1.82) is 0 Å². The van der Waals surface area contributed by atoms with E-state index in [0.717, 1.165) is 28.3 Å². The van der Waals surface area contributed by atoms with Crippen molar-refractivity contribution in [3.05, 3.63) is 96.5 Å². The molecular formula is C24H19N3O3. The van der Waals surface area contributed by atoms with Crippen molar-refractivity contribution in [2.75, 3.05) is 11.7 Å². The van der Waals surface area contributed by atoms with Crippen LogP contribution in [-0.2, 0) is 11.3 Å². The predicted molar refractivity (Wildman–Crippen MR) is 114 cm³/mol. The Hall–Kier alpha value is -4.06. The van der Waals surface area contributed by atoms with Gasteiger partial charge in [0.15, 0.2) is 11.5 Å². The molecule has 0 atom stereocenters. The van der Waals surface area contributed by atoms with Gasteiger partial charge in [0.05, 0.1) is 18.4 Å². The third kappa shape index (κ3) is 3.51. The van der Waals surface area contributed by atoms with Crippen molar-refractivity contribution >= 4 is 23.3 Å². The summed E-state index contributed by atoms with van der Waals surface area (Å²) < 4.78 is 12.7. The molecule has 1 aliphatic rings. The first-order chi connectivity index (χ1) is 14.8. The van der Waals surface area contributed by atoms with Gasteiger partial charge in [-0.25, -0.2) is 4.98 Å². The monoisotopic (exact) mass is 397 g/mol. The third-order valence-electron chi connectivity index (χ3n) is 4.96. The van der Waals surface area contributed by atoms with Crippen molar-refractivity contribution in [1.82, 2.24) is 9.38 Å². The normalized spacial score (nSPS) is 12.5. The number of fused-ring (bicyclic) bond motifs is 2. The number of carbonyl (C=O) groups excluding carboxylic acids is 1. The van der Waals surface area contributed by atoms with E-state index in [-0.39, 0.29) is 12.7 Å². The lowest BCUT2D eigenvalue weighted by atomic mass is 10.2. The number of para-hydroxylation sites is 1. The highest BCUT2D eigenvalue weighted by atomic mass is 16.7. The zero-order chi connectivity index (χ0) is 20.3. The summed E-state index contributed by atoms with van der Waals surface area (Å²) in [5.41, 5.74) is 3.47. The minimum atomic E-state index is -0.121. The molecule has 0 saturated carbocycles. The number of hydrogen-bond acceptors (Lipinski definition) is 4. The Morgan fingerprint density at radius 1 is 1.03 bits per heavy atom. The van der Waals surface area contributed by atoms with Crippen molar-refractivity contribution in [3.63, 3.8) is 0 Å². The van der Waals surface area contributed by atoms with Gasteiger partial charge in [-0.15, -0.1) is 0 Å².